The van der Waals surface area contributed by atoms with Gasteiger partial charge in [-0.2, -0.15) is 0 Å². The fourth-order valence-corrected chi connectivity index (χ4v) is 3.47. The number of carbonyl (C=O) groups excluding carboxylic acids is 2. The van der Waals surface area contributed by atoms with Gasteiger partial charge in [-0.1, -0.05) is 66.7 Å². The lowest BCUT2D eigenvalue weighted by atomic mass is 9.89. The monoisotopic (exact) mass is 462 g/mol. The highest BCUT2D eigenvalue weighted by Crippen LogP contribution is 2.33. The summed E-state index contributed by atoms with van der Waals surface area (Å²) in [6, 6.07) is 21.2. The summed E-state index contributed by atoms with van der Waals surface area (Å²) in [5.74, 6) is -1.90. The summed E-state index contributed by atoms with van der Waals surface area (Å²) in [4.78, 5) is 23.3. The van der Waals surface area contributed by atoms with Gasteiger partial charge in [-0.15, -0.1) is 0 Å². The van der Waals surface area contributed by atoms with Crippen LogP contribution < -0.4 is 0 Å². The van der Waals surface area contributed by atoms with Crippen LogP contribution in [0, 0.1) is 11.6 Å². The molecule has 6 heteroatoms. The maximum absolute atomic E-state index is 13.6. The second-order valence-electron chi connectivity index (χ2n) is 7.59. The first-order valence-corrected chi connectivity index (χ1v) is 10.6. The van der Waals surface area contributed by atoms with Crippen molar-refractivity contribution in [3.63, 3.8) is 0 Å². The van der Waals surface area contributed by atoms with Crippen LogP contribution in [0.4, 0.5) is 8.78 Å². The molecule has 3 aromatic carbocycles. The van der Waals surface area contributed by atoms with E-state index in [4.69, 9.17) is 0 Å². The number of benzene rings is 3. The van der Waals surface area contributed by atoms with Crippen molar-refractivity contribution in [2.24, 2.45) is 0 Å². The second-order valence-corrected chi connectivity index (χ2v) is 7.59. The van der Waals surface area contributed by atoms with Crippen molar-refractivity contribution in [3.05, 3.63) is 119 Å². The van der Waals surface area contributed by atoms with E-state index >= 15 is 0 Å². The quantitative estimate of drug-likeness (QED) is 0.201. The van der Waals surface area contributed by atoms with Gasteiger partial charge >= 0.3 is 5.97 Å². The first-order chi connectivity index (χ1) is 16.4. The molecule has 0 saturated carbocycles. The molecule has 3 rings (SSSR count). The molecule has 0 saturated heterocycles. The molecular formula is C28H24F2O4. The summed E-state index contributed by atoms with van der Waals surface area (Å²) in [5, 5.41) is 10.4. The Morgan fingerprint density at radius 2 is 1.38 bits per heavy atom. The Balaban J connectivity index is 2.09. The molecule has 174 valence electrons. The number of ketones is 1. The zero-order chi connectivity index (χ0) is 24.5. The molecule has 0 aliphatic heterocycles. The van der Waals surface area contributed by atoms with Crippen molar-refractivity contribution in [2.45, 2.75) is 18.9 Å². The summed E-state index contributed by atoms with van der Waals surface area (Å²) < 4.78 is 31.8. The normalized spacial score (nSPS) is 11.8. The summed E-state index contributed by atoms with van der Waals surface area (Å²) in [5.41, 5.74) is 3.55. The van der Waals surface area contributed by atoms with E-state index in [1.807, 2.05) is 30.3 Å². The van der Waals surface area contributed by atoms with Crippen molar-refractivity contribution in [3.8, 4) is 0 Å². The Hall–Kier alpha value is -3.90. The maximum atomic E-state index is 13.6. The molecule has 4 nitrogen and oxygen atoms in total. The number of aliphatic hydroxyl groups is 1. The van der Waals surface area contributed by atoms with Crippen molar-refractivity contribution in [2.75, 3.05) is 7.11 Å². The van der Waals surface area contributed by atoms with E-state index in [0.717, 1.165) is 5.56 Å². The molecule has 34 heavy (non-hydrogen) atoms. The molecule has 1 N–H and O–H groups in total. The number of allylic oxidation sites excluding steroid dienone is 2. The van der Waals surface area contributed by atoms with Gasteiger partial charge in [0.2, 0.25) is 0 Å². The predicted molar refractivity (Wildman–Crippen MR) is 127 cm³/mol. The number of carbonyl (C=O) groups is 2. The van der Waals surface area contributed by atoms with Gasteiger partial charge in [0.1, 0.15) is 23.8 Å². The van der Waals surface area contributed by atoms with E-state index in [0.29, 0.717) is 22.3 Å². The standard InChI is InChI=1S/C28H24F2O4/c1-34-27(33)18-25(32)17-24(31)15-16-26(19-5-3-2-4-6-19)28(20-7-11-22(29)12-8-20)21-9-13-23(30)14-10-21/h2-16,24,31H,17-18H2,1H3. The van der Waals surface area contributed by atoms with Gasteiger partial charge in [0, 0.05) is 6.42 Å². The van der Waals surface area contributed by atoms with Crippen molar-refractivity contribution < 1.29 is 28.2 Å². The topological polar surface area (TPSA) is 63.6 Å². The van der Waals surface area contributed by atoms with E-state index < -0.39 is 35.9 Å². The highest BCUT2D eigenvalue weighted by atomic mass is 19.1. The fourth-order valence-electron chi connectivity index (χ4n) is 3.47. The summed E-state index contributed by atoms with van der Waals surface area (Å²) in [6.45, 7) is 0. The van der Waals surface area contributed by atoms with Gasteiger partial charge in [-0.05, 0) is 52.1 Å². The van der Waals surface area contributed by atoms with Gasteiger partial charge in [-0.3, -0.25) is 9.59 Å². The average molecular weight is 462 g/mol. The van der Waals surface area contributed by atoms with Crippen LogP contribution in [-0.4, -0.2) is 30.1 Å². The molecule has 0 heterocycles. The number of Topliss-reactive ketones (excluding diaryl/α,β-unsaturated/α-hetero) is 1. The third-order valence-corrected chi connectivity index (χ3v) is 5.11. The third-order valence-electron chi connectivity index (χ3n) is 5.11. The van der Waals surface area contributed by atoms with E-state index in [1.165, 1.54) is 37.5 Å². The van der Waals surface area contributed by atoms with E-state index in [9.17, 15) is 23.5 Å². The zero-order valence-electron chi connectivity index (χ0n) is 18.6. The SMILES string of the molecule is COC(=O)CC(=O)CC(O)C=CC(=C(c1ccc(F)cc1)c1ccc(F)cc1)c1ccccc1. The Morgan fingerprint density at radius 3 is 1.88 bits per heavy atom. The minimum absolute atomic E-state index is 0.254. The molecule has 3 aromatic rings. The lowest BCUT2D eigenvalue weighted by Crippen LogP contribution is -2.15. The lowest BCUT2D eigenvalue weighted by Gasteiger charge is -2.16. The molecule has 0 spiro atoms. The number of methoxy groups -OCH3 is 1. The van der Waals surface area contributed by atoms with Gasteiger partial charge in [0.05, 0.1) is 13.2 Å². The summed E-state index contributed by atoms with van der Waals surface area (Å²) >= 11 is 0. The smallest absolute Gasteiger partial charge is 0.313 e. The molecule has 0 aliphatic rings. The number of ether oxygens (including phenoxy) is 1. The fraction of sp³-hybridized carbons (Fsp3) is 0.143. The zero-order valence-corrected chi connectivity index (χ0v) is 18.6. The van der Waals surface area contributed by atoms with E-state index in [-0.39, 0.29) is 6.42 Å². The van der Waals surface area contributed by atoms with Crippen LogP contribution in [0.25, 0.3) is 11.1 Å². The minimum atomic E-state index is -1.14. The lowest BCUT2D eigenvalue weighted by molar-refractivity contribution is -0.143. The second kappa shape index (κ2) is 11.8. The first kappa shape index (κ1) is 24.7. The van der Waals surface area contributed by atoms with Crippen LogP contribution in [0.2, 0.25) is 0 Å². The number of hydrogen-bond donors (Lipinski definition) is 1. The van der Waals surface area contributed by atoms with Crippen molar-refractivity contribution in [1.82, 2.24) is 0 Å². The Labute approximate surface area is 196 Å². The number of rotatable bonds is 9. The molecule has 1 atom stereocenters. The van der Waals surface area contributed by atoms with Gasteiger partial charge in [0.25, 0.3) is 0 Å². The van der Waals surface area contributed by atoms with E-state index in [1.54, 1.807) is 30.3 Å². The van der Waals surface area contributed by atoms with Crippen molar-refractivity contribution >= 4 is 22.9 Å². The molecule has 0 aliphatic carbocycles. The Kier molecular flexibility index (Phi) is 8.60. The predicted octanol–water partition coefficient (Wildman–Crippen LogP) is 5.36. The highest BCUT2D eigenvalue weighted by molar-refractivity contribution is 6.02. The van der Waals surface area contributed by atoms with Gasteiger partial charge in [0.15, 0.2) is 0 Å². The molecule has 1 unspecified atom stereocenters. The maximum Gasteiger partial charge on any atom is 0.313 e. The summed E-state index contributed by atoms with van der Waals surface area (Å²) in [7, 11) is 1.19. The van der Waals surface area contributed by atoms with E-state index in [2.05, 4.69) is 4.74 Å². The summed E-state index contributed by atoms with van der Waals surface area (Å²) in [6.07, 6.45) is 1.33. The molecule has 0 aromatic heterocycles. The van der Waals surface area contributed by atoms with Crippen LogP contribution in [-0.2, 0) is 14.3 Å². The number of hydrogen-bond acceptors (Lipinski definition) is 4. The first-order valence-electron chi connectivity index (χ1n) is 10.6. The number of esters is 1. The van der Waals surface area contributed by atoms with Crippen LogP contribution in [0.3, 0.4) is 0 Å². The number of aliphatic hydroxyl groups excluding tert-OH is 1. The average Bonchev–Trinajstić information content (AvgIpc) is 2.83. The molecule has 0 bridgehead atoms. The van der Waals surface area contributed by atoms with Crippen molar-refractivity contribution in [1.29, 1.82) is 0 Å². The van der Waals surface area contributed by atoms with Crippen LogP contribution >= 0.6 is 0 Å². The molecule has 0 fully saturated rings. The largest absolute Gasteiger partial charge is 0.469 e. The number of halogens is 2. The molecule has 0 radical (unpaired) electrons. The minimum Gasteiger partial charge on any atom is -0.469 e. The highest BCUT2D eigenvalue weighted by Gasteiger charge is 2.16. The van der Waals surface area contributed by atoms with Crippen LogP contribution in [0.1, 0.15) is 29.5 Å². The molecule has 0 amide bonds. The van der Waals surface area contributed by atoms with Gasteiger partial charge in [-0.25, -0.2) is 8.78 Å². The van der Waals surface area contributed by atoms with Gasteiger partial charge < -0.3 is 9.84 Å². The Morgan fingerprint density at radius 1 is 0.853 bits per heavy atom. The Bertz CT molecular complexity index is 1130. The van der Waals surface area contributed by atoms with Crippen LogP contribution in [0.15, 0.2) is 91.0 Å². The van der Waals surface area contributed by atoms with Crippen LogP contribution in [0.5, 0.6) is 0 Å². The third kappa shape index (κ3) is 6.80. The molecular weight excluding hydrogens is 438 g/mol.